The number of methoxy groups -OCH3 is 1. The molecule has 6 nitrogen and oxygen atoms in total. The molecule has 0 saturated heterocycles. The fraction of sp³-hybridized carbons (Fsp3) is 0.211. The summed E-state index contributed by atoms with van der Waals surface area (Å²) in [6.07, 6.45) is 4.15. The Kier molecular flexibility index (Phi) is 7.04. The molecule has 2 rings (SSSR count). The second-order valence-corrected chi connectivity index (χ2v) is 8.58. The quantitative estimate of drug-likeness (QED) is 0.626. The zero-order valence-corrected chi connectivity index (χ0v) is 17.6. The molecule has 1 amide bonds. The zero-order valence-electron chi connectivity index (χ0n) is 15.2. The Morgan fingerprint density at radius 1 is 1.22 bits per heavy atom. The van der Waals surface area contributed by atoms with E-state index in [9.17, 15) is 13.2 Å². The lowest BCUT2D eigenvalue weighted by Crippen LogP contribution is -2.25. The predicted molar refractivity (Wildman–Crippen MR) is 111 cm³/mol. The molecular weight excluding hydrogens is 432 g/mol. The molecule has 2 aromatic carbocycles. The monoisotopic (exact) mass is 452 g/mol. The van der Waals surface area contributed by atoms with Gasteiger partial charge in [-0.2, -0.15) is 0 Å². The molecule has 27 heavy (non-hydrogen) atoms. The molecule has 144 valence electrons. The largest absolute Gasteiger partial charge is 0.496 e. The van der Waals surface area contributed by atoms with E-state index in [1.54, 1.807) is 50.4 Å². The normalized spacial score (nSPS) is 12.6. The molecule has 8 heteroatoms. The Balaban J connectivity index is 2.14. The van der Waals surface area contributed by atoms with Gasteiger partial charge < -0.3 is 10.1 Å². The van der Waals surface area contributed by atoms with Crippen LogP contribution in [-0.2, 0) is 14.8 Å². The van der Waals surface area contributed by atoms with Gasteiger partial charge in [-0.05, 0) is 42.8 Å². The Labute approximate surface area is 167 Å². The summed E-state index contributed by atoms with van der Waals surface area (Å²) in [4.78, 5) is 12.3. The summed E-state index contributed by atoms with van der Waals surface area (Å²) in [5.74, 6) is 0.344. The highest BCUT2D eigenvalue weighted by atomic mass is 79.9. The molecule has 1 unspecified atom stereocenters. The number of rotatable bonds is 7. The van der Waals surface area contributed by atoms with Crippen LogP contribution in [0, 0.1) is 0 Å². The lowest BCUT2D eigenvalue weighted by Gasteiger charge is -2.17. The van der Waals surface area contributed by atoms with Crippen molar-refractivity contribution in [2.24, 2.45) is 0 Å². The first-order chi connectivity index (χ1) is 12.7. The van der Waals surface area contributed by atoms with Crippen molar-refractivity contribution in [1.82, 2.24) is 5.32 Å². The number of anilines is 1. The third-order valence-corrected chi connectivity index (χ3v) is 4.77. The van der Waals surface area contributed by atoms with Crippen molar-refractivity contribution in [3.8, 4) is 5.75 Å². The summed E-state index contributed by atoms with van der Waals surface area (Å²) in [6, 6.07) is 12.0. The van der Waals surface area contributed by atoms with E-state index < -0.39 is 16.1 Å². The van der Waals surface area contributed by atoms with E-state index in [1.165, 1.54) is 6.08 Å². The van der Waals surface area contributed by atoms with Gasteiger partial charge in [0.2, 0.25) is 15.9 Å². The van der Waals surface area contributed by atoms with Crippen molar-refractivity contribution in [2.75, 3.05) is 18.1 Å². The fourth-order valence-electron chi connectivity index (χ4n) is 2.51. The van der Waals surface area contributed by atoms with E-state index in [4.69, 9.17) is 4.74 Å². The van der Waals surface area contributed by atoms with E-state index in [1.807, 2.05) is 12.1 Å². The van der Waals surface area contributed by atoms with Gasteiger partial charge in [-0.15, -0.1) is 0 Å². The predicted octanol–water partition coefficient (Wildman–Crippen LogP) is 3.72. The number of nitrogens with one attached hydrogen (secondary N) is 2. The molecule has 2 aromatic rings. The van der Waals surface area contributed by atoms with Gasteiger partial charge in [0.05, 0.1) is 25.1 Å². The average molecular weight is 453 g/mol. The molecule has 0 radical (unpaired) electrons. The first-order valence-electron chi connectivity index (χ1n) is 8.08. The Morgan fingerprint density at radius 3 is 2.59 bits per heavy atom. The van der Waals surface area contributed by atoms with Gasteiger partial charge in [0.15, 0.2) is 0 Å². The highest BCUT2D eigenvalue weighted by Gasteiger charge is 2.14. The number of hydrogen-bond acceptors (Lipinski definition) is 4. The summed E-state index contributed by atoms with van der Waals surface area (Å²) in [5, 5.41) is 2.83. The molecule has 0 fully saturated rings. The van der Waals surface area contributed by atoms with Crippen molar-refractivity contribution in [3.05, 3.63) is 64.1 Å². The zero-order chi connectivity index (χ0) is 20.0. The molecule has 0 spiro atoms. The third-order valence-electron chi connectivity index (χ3n) is 3.69. The highest BCUT2D eigenvalue weighted by Crippen LogP contribution is 2.25. The maximum atomic E-state index is 12.3. The number of ether oxygens (including phenoxy) is 1. The summed E-state index contributed by atoms with van der Waals surface area (Å²) < 4.78 is 31.7. The van der Waals surface area contributed by atoms with Crippen LogP contribution >= 0.6 is 15.9 Å². The number of halogens is 1. The lowest BCUT2D eigenvalue weighted by atomic mass is 10.1. The van der Waals surface area contributed by atoms with Crippen LogP contribution in [0.4, 0.5) is 5.69 Å². The first-order valence-corrected chi connectivity index (χ1v) is 10.8. The Hall–Kier alpha value is -2.32. The van der Waals surface area contributed by atoms with E-state index in [2.05, 4.69) is 26.0 Å². The van der Waals surface area contributed by atoms with Crippen LogP contribution < -0.4 is 14.8 Å². The Bertz CT molecular complexity index is 958. The number of amides is 1. The maximum Gasteiger partial charge on any atom is 0.244 e. The minimum atomic E-state index is -3.41. The molecule has 0 saturated carbocycles. The van der Waals surface area contributed by atoms with Gasteiger partial charge in [-0.1, -0.05) is 34.1 Å². The standard InChI is InChI=1S/C19H21BrN2O4S/c1-13(16-6-4-5-7-17(16)22-27(3,24)25)21-19(23)11-8-14-12-15(20)9-10-18(14)26-2/h4-13,22H,1-3H3,(H,21,23)/b11-8+. The molecule has 1 atom stereocenters. The van der Waals surface area contributed by atoms with Crippen LogP contribution in [0.3, 0.4) is 0 Å². The molecule has 0 aliphatic carbocycles. The van der Waals surface area contributed by atoms with Crippen molar-refractivity contribution >= 4 is 43.6 Å². The third kappa shape index (κ3) is 6.41. The van der Waals surface area contributed by atoms with Crippen LogP contribution in [0.15, 0.2) is 53.0 Å². The molecule has 2 N–H and O–H groups in total. The number of para-hydroxylation sites is 1. The molecule has 0 heterocycles. The maximum absolute atomic E-state index is 12.3. The number of carbonyl (C=O) groups is 1. The van der Waals surface area contributed by atoms with Crippen molar-refractivity contribution in [1.29, 1.82) is 0 Å². The van der Waals surface area contributed by atoms with Gasteiger partial charge in [-0.3, -0.25) is 9.52 Å². The van der Waals surface area contributed by atoms with Crippen LogP contribution in [0.2, 0.25) is 0 Å². The molecular formula is C19H21BrN2O4S. The summed E-state index contributed by atoms with van der Waals surface area (Å²) in [7, 11) is -1.85. The van der Waals surface area contributed by atoms with E-state index in [0.717, 1.165) is 16.3 Å². The number of hydrogen-bond donors (Lipinski definition) is 2. The topological polar surface area (TPSA) is 84.5 Å². The number of carbonyl (C=O) groups excluding carboxylic acids is 1. The van der Waals surface area contributed by atoms with Crippen LogP contribution in [-0.4, -0.2) is 27.7 Å². The van der Waals surface area contributed by atoms with Gasteiger partial charge in [0.25, 0.3) is 0 Å². The number of sulfonamides is 1. The van der Waals surface area contributed by atoms with Gasteiger partial charge in [-0.25, -0.2) is 8.42 Å². The number of benzene rings is 2. The summed E-state index contributed by atoms with van der Waals surface area (Å²) in [6.45, 7) is 1.79. The lowest BCUT2D eigenvalue weighted by molar-refractivity contribution is -0.117. The minimum Gasteiger partial charge on any atom is -0.496 e. The first kappa shape index (κ1) is 21.0. The second-order valence-electron chi connectivity index (χ2n) is 5.91. The van der Waals surface area contributed by atoms with Gasteiger partial charge >= 0.3 is 0 Å². The molecule has 0 aromatic heterocycles. The van der Waals surface area contributed by atoms with Crippen LogP contribution in [0.25, 0.3) is 6.08 Å². The molecule has 0 bridgehead atoms. The molecule has 0 aliphatic rings. The van der Waals surface area contributed by atoms with E-state index in [-0.39, 0.29) is 5.91 Å². The summed E-state index contributed by atoms with van der Waals surface area (Å²) in [5.41, 5.74) is 1.86. The van der Waals surface area contributed by atoms with Gasteiger partial charge in [0.1, 0.15) is 5.75 Å². The van der Waals surface area contributed by atoms with Crippen molar-refractivity contribution < 1.29 is 17.9 Å². The van der Waals surface area contributed by atoms with Gasteiger partial charge in [0, 0.05) is 16.1 Å². The molecule has 0 aliphatic heterocycles. The van der Waals surface area contributed by atoms with E-state index in [0.29, 0.717) is 17.0 Å². The second kappa shape index (κ2) is 9.05. The fourth-order valence-corrected chi connectivity index (χ4v) is 3.47. The Morgan fingerprint density at radius 2 is 1.93 bits per heavy atom. The van der Waals surface area contributed by atoms with E-state index >= 15 is 0 Å². The van der Waals surface area contributed by atoms with Crippen molar-refractivity contribution in [2.45, 2.75) is 13.0 Å². The smallest absolute Gasteiger partial charge is 0.244 e. The minimum absolute atomic E-state index is 0.307. The average Bonchev–Trinajstić information content (AvgIpc) is 2.59. The SMILES string of the molecule is COc1ccc(Br)cc1/C=C/C(=O)NC(C)c1ccccc1NS(C)(=O)=O. The van der Waals surface area contributed by atoms with Crippen LogP contribution in [0.5, 0.6) is 5.75 Å². The highest BCUT2D eigenvalue weighted by molar-refractivity contribution is 9.10. The van der Waals surface area contributed by atoms with Crippen LogP contribution in [0.1, 0.15) is 24.1 Å². The van der Waals surface area contributed by atoms with Crippen molar-refractivity contribution in [3.63, 3.8) is 0 Å². The summed E-state index contributed by atoms with van der Waals surface area (Å²) >= 11 is 3.39.